The van der Waals surface area contributed by atoms with E-state index >= 15 is 0 Å². The van der Waals surface area contributed by atoms with Crippen LogP contribution in [0.1, 0.15) is 18.5 Å². The van der Waals surface area contributed by atoms with Crippen molar-refractivity contribution in [2.45, 2.75) is 13.0 Å². The molecule has 0 saturated carbocycles. The highest BCUT2D eigenvalue weighted by atomic mass is 79.9. The second kappa shape index (κ2) is 5.68. The van der Waals surface area contributed by atoms with Crippen molar-refractivity contribution in [3.05, 3.63) is 58.6 Å². The molecule has 1 unspecified atom stereocenters. The third-order valence-corrected chi connectivity index (χ3v) is 3.87. The van der Waals surface area contributed by atoms with Crippen LogP contribution in [0.4, 0.5) is 0 Å². The highest BCUT2D eigenvalue weighted by Gasteiger charge is 2.07. The van der Waals surface area contributed by atoms with Crippen molar-refractivity contribution in [1.29, 1.82) is 0 Å². The molecule has 0 spiro atoms. The van der Waals surface area contributed by atoms with Gasteiger partial charge in [-0.1, -0.05) is 52.3 Å². The topological polar surface area (TPSA) is 3.24 Å². The maximum atomic E-state index is 3.46. The first-order valence-corrected chi connectivity index (χ1v) is 6.89. The zero-order valence-corrected chi connectivity index (χ0v) is 12.6. The standard InChI is InChI=1S/C16H18BrN/c1-12(18(2)3)13-4-6-14(7-5-13)15-8-10-16(17)11-9-15/h4-12H,1-3H3. The molecule has 0 radical (unpaired) electrons. The zero-order valence-electron chi connectivity index (χ0n) is 11.0. The van der Waals surface area contributed by atoms with Crippen LogP contribution in [-0.2, 0) is 0 Å². The summed E-state index contributed by atoms with van der Waals surface area (Å²) in [4.78, 5) is 2.22. The van der Waals surface area contributed by atoms with Crippen molar-refractivity contribution < 1.29 is 0 Å². The molecule has 0 aromatic heterocycles. The molecular weight excluding hydrogens is 286 g/mol. The number of hydrogen-bond donors (Lipinski definition) is 0. The Hall–Kier alpha value is -1.12. The van der Waals surface area contributed by atoms with Gasteiger partial charge in [0, 0.05) is 10.5 Å². The van der Waals surface area contributed by atoms with Crippen LogP contribution in [0.25, 0.3) is 11.1 Å². The molecule has 2 heteroatoms. The summed E-state index contributed by atoms with van der Waals surface area (Å²) in [7, 11) is 4.21. The minimum Gasteiger partial charge on any atom is -0.303 e. The zero-order chi connectivity index (χ0) is 13.1. The highest BCUT2D eigenvalue weighted by molar-refractivity contribution is 9.10. The van der Waals surface area contributed by atoms with E-state index in [2.05, 4.69) is 90.4 Å². The summed E-state index contributed by atoms with van der Waals surface area (Å²) in [5.41, 5.74) is 3.86. The van der Waals surface area contributed by atoms with E-state index in [9.17, 15) is 0 Å². The van der Waals surface area contributed by atoms with Crippen molar-refractivity contribution in [3.63, 3.8) is 0 Å². The van der Waals surface area contributed by atoms with E-state index in [-0.39, 0.29) is 0 Å². The Morgan fingerprint density at radius 2 is 1.28 bits per heavy atom. The maximum absolute atomic E-state index is 3.46. The Bertz CT molecular complexity index is 500. The first-order valence-electron chi connectivity index (χ1n) is 6.10. The summed E-state index contributed by atoms with van der Waals surface area (Å²) in [6.07, 6.45) is 0. The molecule has 94 valence electrons. The fourth-order valence-corrected chi connectivity index (χ4v) is 2.16. The average molecular weight is 304 g/mol. The molecule has 18 heavy (non-hydrogen) atoms. The van der Waals surface area contributed by atoms with Gasteiger partial charge in [0.2, 0.25) is 0 Å². The van der Waals surface area contributed by atoms with Gasteiger partial charge in [0.25, 0.3) is 0 Å². The van der Waals surface area contributed by atoms with Gasteiger partial charge in [-0.3, -0.25) is 0 Å². The fourth-order valence-electron chi connectivity index (χ4n) is 1.89. The molecule has 0 fully saturated rings. The molecule has 1 nitrogen and oxygen atoms in total. The van der Waals surface area contributed by atoms with E-state index in [1.165, 1.54) is 16.7 Å². The number of nitrogens with zero attached hydrogens (tertiary/aromatic N) is 1. The van der Waals surface area contributed by atoms with Crippen LogP contribution >= 0.6 is 15.9 Å². The quantitative estimate of drug-likeness (QED) is 0.791. The highest BCUT2D eigenvalue weighted by Crippen LogP contribution is 2.24. The van der Waals surface area contributed by atoms with Crippen LogP contribution in [0.15, 0.2) is 53.0 Å². The Morgan fingerprint density at radius 3 is 1.72 bits per heavy atom. The number of hydrogen-bond acceptors (Lipinski definition) is 1. The molecule has 0 aliphatic carbocycles. The third kappa shape index (κ3) is 3.01. The SMILES string of the molecule is CC(c1ccc(-c2ccc(Br)cc2)cc1)N(C)C. The largest absolute Gasteiger partial charge is 0.303 e. The molecule has 1 atom stereocenters. The summed E-state index contributed by atoms with van der Waals surface area (Å²) in [5.74, 6) is 0. The smallest absolute Gasteiger partial charge is 0.0313 e. The lowest BCUT2D eigenvalue weighted by Crippen LogP contribution is -2.16. The van der Waals surface area contributed by atoms with Crippen molar-refractivity contribution in [3.8, 4) is 11.1 Å². The summed E-state index contributed by atoms with van der Waals surface area (Å²) in [6, 6.07) is 17.7. The van der Waals surface area contributed by atoms with Gasteiger partial charge < -0.3 is 4.90 Å². The van der Waals surface area contributed by atoms with Gasteiger partial charge >= 0.3 is 0 Å². The van der Waals surface area contributed by atoms with Crippen LogP contribution in [-0.4, -0.2) is 19.0 Å². The Labute approximate surface area is 118 Å². The van der Waals surface area contributed by atoms with Crippen molar-refractivity contribution >= 4 is 15.9 Å². The van der Waals surface area contributed by atoms with Gasteiger partial charge in [0.15, 0.2) is 0 Å². The molecule has 0 aliphatic rings. The number of benzene rings is 2. The van der Waals surface area contributed by atoms with Gasteiger partial charge in [-0.2, -0.15) is 0 Å². The average Bonchev–Trinajstić information content (AvgIpc) is 2.39. The third-order valence-electron chi connectivity index (χ3n) is 3.35. The summed E-state index contributed by atoms with van der Waals surface area (Å²) in [6.45, 7) is 2.22. The lowest BCUT2D eigenvalue weighted by atomic mass is 10.0. The van der Waals surface area contributed by atoms with E-state index in [0.29, 0.717) is 6.04 Å². The Kier molecular flexibility index (Phi) is 4.20. The molecule has 0 saturated heterocycles. The van der Waals surface area contributed by atoms with E-state index in [0.717, 1.165) is 4.47 Å². The van der Waals surface area contributed by atoms with Crippen LogP contribution in [0, 0.1) is 0 Å². The lowest BCUT2D eigenvalue weighted by molar-refractivity contribution is 0.321. The molecule has 2 aromatic rings. The normalized spacial score (nSPS) is 12.7. The molecule has 0 N–H and O–H groups in total. The van der Waals surface area contributed by atoms with E-state index in [1.54, 1.807) is 0 Å². The van der Waals surface area contributed by atoms with Gasteiger partial charge in [-0.15, -0.1) is 0 Å². The monoisotopic (exact) mass is 303 g/mol. The summed E-state index contributed by atoms with van der Waals surface area (Å²) >= 11 is 3.46. The molecule has 0 heterocycles. The molecule has 0 bridgehead atoms. The maximum Gasteiger partial charge on any atom is 0.0313 e. The molecule has 2 aromatic carbocycles. The first-order chi connectivity index (χ1) is 8.58. The minimum absolute atomic E-state index is 0.448. The van der Waals surface area contributed by atoms with Crippen molar-refractivity contribution in [1.82, 2.24) is 4.90 Å². The van der Waals surface area contributed by atoms with Gasteiger partial charge in [0.05, 0.1) is 0 Å². The number of rotatable bonds is 3. The van der Waals surface area contributed by atoms with Gasteiger partial charge in [0.1, 0.15) is 0 Å². The minimum atomic E-state index is 0.448. The summed E-state index contributed by atoms with van der Waals surface area (Å²) in [5, 5.41) is 0. The van der Waals surface area contributed by atoms with Crippen LogP contribution in [0.2, 0.25) is 0 Å². The van der Waals surface area contributed by atoms with Crippen LogP contribution in [0.5, 0.6) is 0 Å². The molecule has 0 aliphatic heterocycles. The van der Waals surface area contributed by atoms with Gasteiger partial charge in [-0.05, 0) is 49.8 Å². The predicted molar refractivity (Wildman–Crippen MR) is 81.7 cm³/mol. The predicted octanol–water partition coefficient (Wildman–Crippen LogP) is 4.74. The number of halogens is 1. The molecule has 0 amide bonds. The van der Waals surface area contributed by atoms with Crippen molar-refractivity contribution in [2.24, 2.45) is 0 Å². The van der Waals surface area contributed by atoms with Crippen LogP contribution in [0.3, 0.4) is 0 Å². The second-order valence-corrected chi connectivity index (χ2v) is 5.68. The molecular formula is C16H18BrN. The Balaban J connectivity index is 2.24. The van der Waals surface area contributed by atoms with E-state index < -0.39 is 0 Å². The van der Waals surface area contributed by atoms with E-state index in [4.69, 9.17) is 0 Å². The summed E-state index contributed by atoms with van der Waals surface area (Å²) < 4.78 is 1.11. The molecule has 2 rings (SSSR count). The van der Waals surface area contributed by atoms with Crippen molar-refractivity contribution in [2.75, 3.05) is 14.1 Å². The first kappa shape index (κ1) is 13.3. The Morgan fingerprint density at radius 1 is 0.833 bits per heavy atom. The van der Waals surface area contributed by atoms with Crippen LogP contribution < -0.4 is 0 Å². The fraction of sp³-hybridized carbons (Fsp3) is 0.250. The second-order valence-electron chi connectivity index (χ2n) is 4.77. The van der Waals surface area contributed by atoms with Gasteiger partial charge in [-0.25, -0.2) is 0 Å². The van der Waals surface area contributed by atoms with E-state index in [1.807, 2.05) is 0 Å². The lowest BCUT2D eigenvalue weighted by Gasteiger charge is -2.20.